The summed E-state index contributed by atoms with van der Waals surface area (Å²) in [6.07, 6.45) is 7.89. The van der Waals surface area contributed by atoms with Gasteiger partial charge in [0.2, 0.25) is 0 Å². The Morgan fingerprint density at radius 3 is 2.66 bits per heavy atom. The fraction of sp³-hybridized carbons (Fsp3) is 0.435. The summed E-state index contributed by atoms with van der Waals surface area (Å²) < 4.78 is 14.9. The quantitative estimate of drug-likeness (QED) is 0.533. The third-order valence-electron chi connectivity index (χ3n) is 6.24. The summed E-state index contributed by atoms with van der Waals surface area (Å²) in [7, 11) is 1.85. The number of nitrogens with zero attached hydrogens (tertiary/aromatic N) is 6. The van der Waals surface area contributed by atoms with Gasteiger partial charge in [0.15, 0.2) is 11.6 Å². The van der Waals surface area contributed by atoms with E-state index in [0.29, 0.717) is 17.2 Å². The molecule has 3 aromatic rings. The zero-order chi connectivity index (χ0) is 22.7. The second-order valence-electron chi connectivity index (χ2n) is 8.08. The number of halogens is 1. The minimum atomic E-state index is -0.883. The molecule has 0 spiro atoms. The number of phenolic OH excluding ortho intramolecular Hbond substituents is 1. The molecule has 32 heavy (non-hydrogen) atoms. The second kappa shape index (κ2) is 9.77. The van der Waals surface area contributed by atoms with Gasteiger partial charge in [0.05, 0.1) is 24.0 Å². The van der Waals surface area contributed by atoms with Gasteiger partial charge in [0, 0.05) is 12.6 Å². The first-order chi connectivity index (χ1) is 15.5. The lowest BCUT2D eigenvalue weighted by Crippen LogP contribution is -2.45. The van der Waals surface area contributed by atoms with E-state index in [-0.39, 0.29) is 17.7 Å². The van der Waals surface area contributed by atoms with Crippen LogP contribution in [0.3, 0.4) is 0 Å². The predicted octanol–water partition coefficient (Wildman–Crippen LogP) is 4.78. The molecule has 0 aliphatic heterocycles. The number of aromatic nitrogens is 5. The van der Waals surface area contributed by atoms with Crippen molar-refractivity contribution in [2.75, 3.05) is 18.2 Å². The number of hydrogen-bond acceptors (Lipinski definition) is 8. The molecule has 1 aromatic carbocycles. The molecule has 9 heteroatoms. The molecule has 1 saturated carbocycles. The second-order valence-corrected chi connectivity index (χ2v) is 8.91. The van der Waals surface area contributed by atoms with E-state index < -0.39 is 6.17 Å². The molecule has 7 nitrogen and oxygen atoms in total. The molecule has 0 amide bonds. The summed E-state index contributed by atoms with van der Waals surface area (Å²) in [5.74, 6) is 0.988. The SMILES string of the molecule is CC[C@@H]1CCC[C@H](N(C)c2cnc(-c3ccc(-c4cnnc(SC)c4)cc3O)nn2)[C@@H]1F. The number of aromatic hydroxyl groups is 1. The maximum absolute atomic E-state index is 14.9. The van der Waals surface area contributed by atoms with Crippen molar-refractivity contribution in [3.05, 3.63) is 36.7 Å². The average Bonchev–Trinajstić information content (AvgIpc) is 2.84. The predicted molar refractivity (Wildman–Crippen MR) is 124 cm³/mol. The van der Waals surface area contributed by atoms with Gasteiger partial charge in [-0.3, -0.25) is 0 Å². The number of rotatable bonds is 6. The largest absolute Gasteiger partial charge is 0.507 e. The van der Waals surface area contributed by atoms with E-state index in [9.17, 15) is 9.50 Å². The Balaban J connectivity index is 1.54. The Morgan fingerprint density at radius 1 is 1.12 bits per heavy atom. The molecule has 1 fully saturated rings. The number of alkyl halides is 1. The highest BCUT2D eigenvalue weighted by Gasteiger charge is 2.35. The van der Waals surface area contributed by atoms with Crippen molar-refractivity contribution in [1.29, 1.82) is 0 Å². The van der Waals surface area contributed by atoms with Gasteiger partial charge < -0.3 is 10.0 Å². The van der Waals surface area contributed by atoms with E-state index in [1.54, 1.807) is 24.5 Å². The molecule has 168 valence electrons. The van der Waals surface area contributed by atoms with Crippen LogP contribution in [0, 0.1) is 5.92 Å². The molecule has 3 atom stereocenters. The third kappa shape index (κ3) is 4.53. The summed E-state index contributed by atoms with van der Waals surface area (Å²) in [5.41, 5.74) is 2.16. The van der Waals surface area contributed by atoms with Crippen molar-refractivity contribution in [2.24, 2.45) is 5.92 Å². The number of benzene rings is 1. The Hall–Kier alpha value is -2.81. The lowest BCUT2D eigenvalue weighted by atomic mass is 9.82. The highest BCUT2D eigenvalue weighted by molar-refractivity contribution is 7.98. The molecule has 0 radical (unpaired) electrons. The lowest BCUT2D eigenvalue weighted by Gasteiger charge is -2.38. The summed E-state index contributed by atoms with van der Waals surface area (Å²) in [5, 5.41) is 27.9. The van der Waals surface area contributed by atoms with E-state index in [1.165, 1.54) is 11.8 Å². The molecule has 4 rings (SSSR count). The van der Waals surface area contributed by atoms with Crippen LogP contribution in [0.5, 0.6) is 5.75 Å². The van der Waals surface area contributed by atoms with Gasteiger partial charge in [-0.05, 0) is 48.8 Å². The van der Waals surface area contributed by atoms with E-state index in [4.69, 9.17) is 0 Å². The van der Waals surface area contributed by atoms with Gasteiger partial charge in [-0.1, -0.05) is 25.8 Å². The van der Waals surface area contributed by atoms with Gasteiger partial charge >= 0.3 is 0 Å². The van der Waals surface area contributed by atoms with Gasteiger partial charge in [-0.2, -0.15) is 5.10 Å². The van der Waals surface area contributed by atoms with Crippen LogP contribution in [0.2, 0.25) is 0 Å². The summed E-state index contributed by atoms with van der Waals surface area (Å²) >= 11 is 1.51. The van der Waals surface area contributed by atoms with Crippen molar-refractivity contribution >= 4 is 17.6 Å². The Kier molecular flexibility index (Phi) is 6.83. The van der Waals surface area contributed by atoms with Gasteiger partial charge in [0.1, 0.15) is 16.9 Å². The van der Waals surface area contributed by atoms with E-state index in [0.717, 1.165) is 41.8 Å². The number of phenols is 1. The van der Waals surface area contributed by atoms with Crippen LogP contribution >= 0.6 is 11.8 Å². The average molecular weight is 455 g/mol. The van der Waals surface area contributed by atoms with Crippen LogP contribution in [-0.4, -0.2) is 56.0 Å². The van der Waals surface area contributed by atoms with E-state index >= 15 is 0 Å². The molecule has 1 N–H and O–H groups in total. The minimum Gasteiger partial charge on any atom is -0.507 e. The van der Waals surface area contributed by atoms with Crippen LogP contribution in [0.1, 0.15) is 32.6 Å². The Morgan fingerprint density at radius 2 is 1.97 bits per heavy atom. The fourth-order valence-corrected chi connectivity index (χ4v) is 4.66. The molecule has 0 bridgehead atoms. The Bertz CT molecular complexity index is 1070. The molecule has 1 aliphatic carbocycles. The molecule has 0 unspecified atom stereocenters. The molecule has 1 aliphatic rings. The summed E-state index contributed by atoms with van der Waals surface area (Å²) in [6.45, 7) is 2.04. The summed E-state index contributed by atoms with van der Waals surface area (Å²) in [4.78, 5) is 6.24. The van der Waals surface area contributed by atoms with E-state index in [2.05, 4.69) is 25.4 Å². The van der Waals surface area contributed by atoms with Crippen LogP contribution in [0.4, 0.5) is 10.2 Å². The van der Waals surface area contributed by atoms with Gasteiger partial charge in [0.25, 0.3) is 0 Å². The highest BCUT2D eigenvalue weighted by Crippen LogP contribution is 2.34. The van der Waals surface area contributed by atoms with Crippen LogP contribution in [0.15, 0.2) is 41.7 Å². The Labute approximate surface area is 191 Å². The first kappa shape index (κ1) is 22.4. The molecular formula is C23H27FN6OS. The number of hydrogen-bond donors (Lipinski definition) is 1. The maximum Gasteiger partial charge on any atom is 0.185 e. The standard InChI is InChI=1S/C23H27FN6OS/c1-4-14-6-5-7-18(22(14)24)30(2)20-13-25-23(29-27-20)17-9-8-15(10-19(17)31)16-11-21(32-3)28-26-12-16/h8-14,18,22,31H,4-7H2,1-3H3/t14-,18+,22-/m1/s1. The van der Waals surface area contributed by atoms with Gasteiger partial charge in [-0.15, -0.1) is 27.1 Å². The molecule has 0 saturated heterocycles. The molecule has 2 heterocycles. The van der Waals surface area contributed by atoms with Crippen molar-refractivity contribution in [3.63, 3.8) is 0 Å². The third-order valence-corrected chi connectivity index (χ3v) is 6.86. The summed E-state index contributed by atoms with van der Waals surface area (Å²) in [6, 6.07) is 6.99. The monoisotopic (exact) mass is 454 g/mol. The first-order valence-electron chi connectivity index (χ1n) is 10.8. The van der Waals surface area contributed by atoms with Crippen molar-refractivity contribution < 1.29 is 9.50 Å². The number of thioether (sulfide) groups is 1. The lowest BCUT2D eigenvalue weighted by molar-refractivity contribution is 0.134. The minimum absolute atomic E-state index is 0.0507. The number of anilines is 1. The van der Waals surface area contributed by atoms with Crippen LogP contribution < -0.4 is 4.90 Å². The zero-order valence-electron chi connectivity index (χ0n) is 18.4. The first-order valence-corrected chi connectivity index (χ1v) is 12.0. The topological polar surface area (TPSA) is 87.9 Å². The fourth-order valence-electron chi connectivity index (χ4n) is 4.29. The van der Waals surface area contributed by atoms with E-state index in [1.807, 2.05) is 37.3 Å². The normalized spacial score (nSPS) is 20.8. The molecular weight excluding hydrogens is 427 g/mol. The van der Waals surface area contributed by atoms with Crippen molar-refractivity contribution in [2.45, 2.75) is 49.8 Å². The zero-order valence-corrected chi connectivity index (χ0v) is 19.3. The molecule has 2 aromatic heterocycles. The van der Waals surface area contributed by atoms with Crippen molar-refractivity contribution in [3.8, 4) is 28.3 Å². The van der Waals surface area contributed by atoms with Crippen LogP contribution in [-0.2, 0) is 0 Å². The van der Waals surface area contributed by atoms with Gasteiger partial charge in [-0.25, -0.2) is 9.37 Å². The highest BCUT2D eigenvalue weighted by atomic mass is 32.2. The maximum atomic E-state index is 14.9. The smallest absolute Gasteiger partial charge is 0.185 e. The van der Waals surface area contributed by atoms with Crippen molar-refractivity contribution in [1.82, 2.24) is 25.4 Å². The van der Waals surface area contributed by atoms with Crippen LogP contribution in [0.25, 0.3) is 22.5 Å².